The van der Waals surface area contributed by atoms with E-state index in [-0.39, 0.29) is 0 Å². The number of rotatable bonds is 0. The number of aryl methyl sites for hydroxylation is 1. The zero-order valence-corrected chi connectivity index (χ0v) is 6.03. The van der Waals surface area contributed by atoms with Crippen molar-refractivity contribution in [1.29, 1.82) is 0 Å². The monoisotopic (exact) mass is 139 g/mol. The van der Waals surface area contributed by atoms with Crippen LogP contribution in [0.25, 0.3) is 0 Å². The van der Waals surface area contributed by atoms with Crippen LogP contribution in [0.1, 0.15) is 5.69 Å². The SMILES string of the molecule is c1cc2n(c1)CSCC2. The van der Waals surface area contributed by atoms with Crippen molar-refractivity contribution in [3.05, 3.63) is 24.0 Å². The Morgan fingerprint density at radius 3 is 3.44 bits per heavy atom. The van der Waals surface area contributed by atoms with E-state index in [9.17, 15) is 0 Å². The minimum atomic E-state index is 1.16. The van der Waals surface area contributed by atoms with Crippen molar-refractivity contribution in [3.63, 3.8) is 0 Å². The van der Waals surface area contributed by atoms with Gasteiger partial charge in [-0.25, -0.2) is 0 Å². The first-order valence-corrected chi connectivity index (χ1v) is 4.34. The Morgan fingerprint density at radius 2 is 2.56 bits per heavy atom. The van der Waals surface area contributed by atoms with Gasteiger partial charge in [0.05, 0.1) is 5.88 Å². The molecule has 0 atom stereocenters. The van der Waals surface area contributed by atoms with Gasteiger partial charge in [-0.3, -0.25) is 0 Å². The van der Waals surface area contributed by atoms with E-state index in [2.05, 4.69) is 22.9 Å². The van der Waals surface area contributed by atoms with Crippen LogP contribution in [-0.2, 0) is 12.3 Å². The summed E-state index contributed by atoms with van der Waals surface area (Å²) in [5, 5.41) is 0. The minimum Gasteiger partial charge on any atom is -0.342 e. The number of hydrogen-bond acceptors (Lipinski definition) is 1. The minimum absolute atomic E-state index is 1.16. The van der Waals surface area contributed by atoms with Gasteiger partial charge in [0.15, 0.2) is 0 Å². The van der Waals surface area contributed by atoms with Crippen LogP contribution in [0.15, 0.2) is 18.3 Å². The van der Waals surface area contributed by atoms with Crippen LogP contribution >= 0.6 is 11.8 Å². The second kappa shape index (κ2) is 2.10. The fraction of sp³-hybridized carbons (Fsp3) is 0.429. The molecule has 0 saturated carbocycles. The van der Waals surface area contributed by atoms with Gasteiger partial charge in [0.25, 0.3) is 0 Å². The van der Waals surface area contributed by atoms with Crippen molar-refractivity contribution in [2.24, 2.45) is 0 Å². The largest absolute Gasteiger partial charge is 0.342 e. The highest BCUT2D eigenvalue weighted by Crippen LogP contribution is 2.17. The molecule has 0 saturated heterocycles. The zero-order valence-electron chi connectivity index (χ0n) is 5.21. The summed E-state index contributed by atoms with van der Waals surface area (Å²) in [6.45, 7) is 0. The van der Waals surface area contributed by atoms with E-state index < -0.39 is 0 Å². The summed E-state index contributed by atoms with van der Waals surface area (Å²) in [5.41, 5.74) is 1.49. The van der Waals surface area contributed by atoms with Crippen LogP contribution in [0, 0.1) is 0 Å². The quantitative estimate of drug-likeness (QED) is 0.530. The molecule has 0 unspecified atom stereocenters. The van der Waals surface area contributed by atoms with Gasteiger partial charge in [-0.1, -0.05) is 0 Å². The molecule has 9 heavy (non-hydrogen) atoms. The molecule has 1 aliphatic heterocycles. The molecule has 2 heteroatoms. The average molecular weight is 139 g/mol. The molecule has 0 bridgehead atoms. The molecule has 1 aliphatic rings. The maximum atomic E-state index is 2.31. The molecular weight excluding hydrogens is 130 g/mol. The zero-order chi connectivity index (χ0) is 6.10. The molecule has 0 spiro atoms. The Morgan fingerprint density at radius 1 is 1.56 bits per heavy atom. The Hall–Kier alpha value is -0.370. The number of nitrogens with zero attached hydrogens (tertiary/aromatic N) is 1. The molecule has 0 aromatic carbocycles. The second-order valence-electron chi connectivity index (χ2n) is 2.26. The third kappa shape index (κ3) is 0.874. The maximum Gasteiger partial charge on any atom is 0.0679 e. The topological polar surface area (TPSA) is 4.93 Å². The van der Waals surface area contributed by atoms with Crippen LogP contribution in [0.5, 0.6) is 0 Å². The van der Waals surface area contributed by atoms with Crippen LogP contribution in [-0.4, -0.2) is 10.3 Å². The highest BCUT2D eigenvalue weighted by molar-refractivity contribution is 7.98. The number of thioether (sulfide) groups is 1. The van der Waals surface area contributed by atoms with Gasteiger partial charge < -0.3 is 4.57 Å². The Kier molecular flexibility index (Phi) is 1.27. The predicted octanol–water partition coefficient (Wildman–Crippen LogP) is 1.73. The summed E-state index contributed by atoms with van der Waals surface area (Å²) in [6, 6.07) is 4.33. The van der Waals surface area contributed by atoms with E-state index in [1.54, 1.807) is 0 Å². The van der Waals surface area contributed by atoms with Crippen LogP contribution in [0.4, 0.5) is 0 Å². The van der Waals surface area contributed by atoms with Crippen LogP contribution < -0.4 is 0 Å². The standard InChI is InChI=1S/C7H9NS/c1-2-7-3-5-9-6-8(7)4-1/h1-2,4H,3,5-6H2. The first kappa shape index (κ1) is 5.42. The number of fused-ring (bicyclic) bond motifs is 1. The van der Waals surface area contributed by atoms with Gasteiger partial charge >= 0.3 is 0 Å². The first-order chi connectivity index (χ1) is 4.47. The summed E-state index contributed by atoms with van der Waals surface area (Å²) in [7, 11) is 0. The fourth-order valence-corrected chi connectivity index (χ4v) is 2.07. The average Bonchev–Trinajstić information content (AvgIpc) is 2.33. The van der Waals surface area contributed by atoms with Crippen LogP contribution in [0.3, 0.4) is 0 Å². The fourth-order valence-electron chi connectivity index (χ4n) is 1.14. The van der Waals surface area contributed by atoms with Crippen molar-refractivity contribution in [3.8, 4) is 0 Å². The van der Waals surface area contributed by atoms with Gasteiger partial charge in [-0.05, 0) is 18.6 Å². The van der Waals surface area contributed by atoms with E-state index in [4.69, 9.17) is 0 Å². The summed E-state index contributed by atoms with van der Waals surface area (Å²) < 4.78 is 2.31. The second-order valence-corrected chi connectivity index (χ2v) is 3.33. The van der Waals surface area contributed by atoms with E-state index in [0.29, 0.717) is 0 Å². The smallest absolute Gasteiger partial charge is 0.0679 e. The van der Waals surface area contributed by atoms with E-state index in [1.165, 1.54) is 17.9 Å². The van der Waals surface area contributed by atoms with Crippen molar-refractivity contribution >= 4 is 11.8 Å². The third-order valence-corrected chi connectivity index (χ3v) is 2.61. The Labute approximate surface area is 59.1 Å². The highest BCUT2D eigenvalue weighted by atomic mass is 32.2. The summed E-state index contributed by atoms with van der Waals surface area (Å²) in [5.74, 6) is 2.45. The molecule has 2 rings (SSSR count). The lowest BCUT2D eigenvalue weighted by Gasteiger charge is -2.13. The Balaban J connectivity index is 2.39. The van der Waals surface area contributed by atoms with Gasteiger partial charge in [0, 0.05) is 17.6 Å². The normalized spacial score (nSPS) is 17.3. The van der Waals surface area contributed by atoms with Gasteiger partial charge in [-0.15, -0.1) is 11.8 Å². The lowest BCUT2D eigenvalue weighted by atomic mass is 10.3. The molecule has 0 fully saturated rings. The van der Waals surface area contributed by atoms with Gasteiger partial charge in [0.1, 0.15) is 0 Å². The molecule has 1 aromatic rings. The number of hydrogen-bond donors (Lipinski definition) is 0. The molecular formula is C7H9NS. The lowest BCUT2D eigenvalue weighted by Crippen LogP contribution is -2.06. The molecule has 0 N–H and O–H groups in total. The van der Waals surface area contributed by atoms with Crippen molar-refractivity contribution in [2.45, 2.75) is 12.3 Å². The van der Waals surface area contributed by atoms with Crippen molar-refractivity contribution < 1.29 is 0 Å². The lowest BCUT2D eigenvalue weighted by molar-refractivity contribution is 0.801. The highest BCUT2D eigenvalue weighted by Gasteiger charge is 2.05. The van der Waals surface area contributed by atoms with Crippen LogP contribution in [0.2, 0.25) is 0 Å². The molecule has 48 valence electrons. The number of aromatic nitrogens is 1. The van der Waals surface area contributed by atoms with E-state index >= 15 is 0 Å². The molecule has 1 aromatic heterocycles. The molecule has 1 nitrogen and oxygen atoms in total. The molecule has 0 aliphatic carbocycles. The first-order valence-electron chi connectivity index (χ1n) is 3.18. The Bertz CT molecular complexity index is 184. The van der Waals surface area contributed by atoms with Crippen molar-refractivity contribution in [2.75, 3.05) is 5.75 Å². The predicted molar refractivity (Wildman–Crippen MR) is 40.6 cm³/mol. The summed E-state index contributed by atoms with van der Waals surface area (Å²) >= 11 is 2.01. The van der Waals surface area contributed by atoms with Gasteiger partial charge in [0.2, 0.25) is 0 Å². The van der Waals surface area contributed by atoms with Crippen molar-refractivity contribution in [1.82, 2.24) is 4.57 Å². The molecule has 0 radical (unpaired) electrons. The van der Waals surface area contributed by atoms with E-state index in [0.717, 1.165) is 5.88 Å². The molecule has 2 heterocycles. The third-order valence-electron chi connectivity index (χ3n) is 1.66. The maximum absolute atomic E-state index is 2.31. The summed E-state index contributed by atoms with van der Waals surface area (Å²) in [4.78, 5) is 0. The molecule has 0 amide bonds. The van der Waals surface area contributed by atoms with Gasteiger partial charge in [-0.2, -0.15) is 0 Å². The summed E-state index contributed by atoms with van der Waals surface area (Å²) in [6.07, 6.45) is 3.40. The van der Waals surface area contributed by atoms with E-state index in [1.807, 2.05) is 11.8 Å².